The molecule has 1 saturated heterocycles. The van der Waals surface area contributed by atoms with E-state index in [2.05, 4.69) is 86.4 Å². The van der Waals surface area contributed by atoms with Crippen LogP contribution >= 0.6 is 0 Å². The molecular formula is C27H54N2. The number of hydrogen-bond acceptors (Lipinski definition) is 2. The molecule has 1 aliphatic heterocycles. The molecule has 2 rings (SSSR count). The summed E-state index contributed by atoms with van der Waals surface area (Å²) in [6.07, 6.45) is 6.71. The molecule has 2 nitrogen and oxygen atoms in total. The molecule has 1 saturated carbocycles. The Morgan fingerprint density at radius 2 is 1.45 bits per heavy atom. The van der Waals surface area contributed by atoms with Crippen molar-refractivity contribution in [2.45, 2.75) is 120 Å². The summed E-state index contributed by atoms with van der Waals surface area (Å²) in [6, 6.07) is 0.715. The van der Waals surface area contributed by atoms with Crippen LogP contribution in [0.25, 0.3) is 0 Å². The summed E-state index contributed by atoms with van der Waals surface area (Å²) in [5, 5.41) is 4.05. The first-order chi connectivity index (χ1) is 13.0. The Morgan fingerprint density at radius 3 is 1.93 bits per heavy atom. The number of rotatable bonds is 8. The second kappa shape index (κ2) is 8.81. The molecule has 0 aromatic rings. The van der Waals surface area contributed by atoms with E-state index in [0.717, 1.165) is 17.8 Å². The minimum atomic E-state index is 0.242. The van der Waals surface area contributed by atoms with Crippen LogP contribution in [-0.4, -0.2) is 36.1 Å². The quantitative estimate of drug-likeness (QED) is 0.467. The number of hydrogen-bond donors (Lipinski definition) is 1. The third kappa shape index (κ3) is 7.53. The van der Waals surface area contributed by atoms with E-state index < -0.39 is 0 Å². The Kier molecular flexibility index (Phi) is 7.65. The van der Waals surface area contributed by atoms with Gasteiger partial charge in [0.15, 0.2) is 0 Å². The molecule has 172 valence electrons. The maximum atomic E-state index is 4.05. The normalized spacial score (nSPS) is 26.6. The van der Waals surface area contributed by atoms with E-state index in [1.807, 2.05) is 0 Å². The van der Waals surface area contributed by atoms with Crippen LogP contribution in [0.1, 0.15) is 108 Å². The van der Waals surface area contributed by atoms with E-state index >= 15 is 0 Å². The second-order valence-corrected chi connectivity index (χ2v) is 14.4. The van der Waals surface area contributed by atoms with Crippen molar-refractivity contribution in [2.75, 3.05) is 19.6 Å². The van der Waals surface area contributed by atoms with Crippen molar-refractivity contribution in [1.82, 2.24) is 10.2 Å². The number of likely N-dealkylation sites (tertiary alicyclic amines) is 1. The maximum absolute atomic E-state index is 4.05. The van der Waals surface area contributed by atoms with Gasteiger partial charge in [-0.1, -0.05) is 62.3 Å². The lowest BCUT2D eigenvalue weighted by atomic mass is 9.67. The van der Waals surface area contributed by atoms with E-state index in [9.17, 15) is 0 Å². The summed E-state index contributed by atoms with van der Waals surface area (Å²) >= 11 is 0. The maximum Gasteiger partial charge on any atom is 0.0127 e. The Morgan fingerprint density at radius 1 is 0.862 bits per heavy atom. The molecular weight excluding hydrogens is 352 g/mol. The average Bonchev–Trinajstić information content (AvgIpc) is 2.95. The van der Waals surface area contributed by atoms with Crippen molar-refractivity contribution in [2.24, 2.45) is 34.0 Å². The highest BCUT2D eigenvalue weighted by Crippen LogP contribution is 2.43. The molecule has 1 aliphatic carbocycles. The minimum absolute atomic E-state index is 0.242. The van der Waals surface area contributed by atoms with Crippen molar-refractivity contribution in [3.8, 4) is 0 Å². The first kappa shape index (κ1) is 25.2. The third-order valence-corrected chi connectivity index (χ3v) is 8.27. The molecule has 29 heavy (non-hydrogen) atoms. The van der Waals surface area contributed by atoms with Crippen molar-refractivity contribution in [3.63, 3.8) is 0 Å². The van der Waals surface area contributed by atoms with Gasteiger partial charge >= 0.3 is 0 Å². The largest absolute Gasteiger partial charge is 0.309 e. The summed E-state index contributed by atoms with van der Waals surface area (Å²) in [5.41, 5.74) is 1.54. The van der Waals surface area contributed by atoms with Gasteiger partial charge in [0.2, 0.25) is 0 Å². The van der Waals surface area contributed by atoms with Gasteiger partial charge in [-0.15, -0.1) is 0 Å². The first-order valence-corrected chi connectivity index (χ1v) is 12.5. The van der Waals surface area contributed by atoms with Crippen LogP contribution in [0, 0.1) is 34.0 Å². The van der Waals surface area contributed by atoms with Crippen LogP contribution in [0.2, 0.25) is 0 Å². The van der Waals surface area contributed by atoms with Crippen molar-refractivity contribution >= 4 is 0 Å². The molecule has 0 bridgehead atoms. The molecule has 0 radical (unpaired) electrons. The summed E-state index contributed by atoms with van der Waals surface area (Å²) in [6.45, 7) is 30.6. The van der Waals surface area contributed by atoms with E-state index in [0.29, 0.717) is 22.3 Å². The molecule has 1 N–H and O–H groups in total. The van der Waals surface area contributed by atoms with E-state index in [-0.39, 0.29) is 5.54 Å². The summed E-state index contributed by atoms with van der Waals surface area (Å²) in [5.74, 6) is 2.55. The first-order valence-electron chi connectivity index (χ1n) is 12.5. The van der Waals surface area contributed by atoms with Gasteiger partial charge in [0.25, 0.3) is 0 Å². The van der Waals surface area contributed by atoms with Crippen LogP contribution in [-0.2, 0) is 0 Å². The van der Waals surface area contributed by atoms with Gasteiger partial charge in [-0.3, -0.25) is 0 Å². The molecule has 2 aliphatic rings. The van der Waals surface area contributed by atoms with Gasteiger partial charge in [0.1, 0.15) is 0 Å². The predicted octanol–water partition coefficient (Wildman–Crippen LogP) is 6.99. The zero-order valence-electron chi connectivity index (χ0n) is 21.9. The van der Waals surface area contributed by atoms with Gasteiger partial charge < -0.3 is 10.2 Å². The zero-order chi connectivity index (χ0) is 22.3. The fourth-order valence-electron chi connectivity index (χ4n) is 5.75. The van der Waals surface area contributed by atoms with E-state index in [1.54, 1.807) is 0 Å². The van der Waals surface area contributed by atoms with Gasteiger partial charge in [-0.2, -0.15) is 0 Å². The molecule has 0 spiro atoms. The van der Waals surface area contributed by atoms with Gasteiger partial charge in [-0.25, -0.2) is 0 Å². The smallest absolute Gasteiger partial charge is 0.0127 e. The van der Waals surface area contributed by atoms with E-state index in [1.165, 1.54) is 51.7 Å². The van der Waals surface area contributed by atoms with Gasteiger partial charge in [-0.05, 0) is 80.0 Å². The lowest BCUT2D eigenvalue weighted by Crippen LogP contribution is -2.54. The lowest BCUT2D eigenvalue weighted by Gasteiger charge is -2.49. The van der Waals surface area contributed by atoms with Crippen molar-refractivity contribution < 1.29 is 0 Å². The highest BCUT2D eigenvalue weighted by Gasteiger charge is 2.41. The highest BCUT2D eigenvalue weighted by atomic mass is 15.2. The fraction of sp³-hybridized carbons (Fsp3) is 1.00. The molecule has 2 heteroatoms. The third-order valence-electron chi connectivity index (χ3n) is 8.27. The van der Waals surface area contributed by atoms with Crippen LogP contribution in [0.4, 0.5) is 0 Å². The number of nitrogens with one attached hydrogen (secondary N) is 1. The SMILES string of the molecule is CC(C1CN(CC(C)(C)C)C1)C(C)(C)CCC(C)(C)NC1CCC(C(C)(C)C)C1. The Balaban J connectivity index is 1.78. The summed E-state index contributed by atoms with van der Waals surface area (Å²) in [7, 11) is 0. The second-order valence-electron chi connectivity index (χ2n) is 14.4. The van der Waals surface area contributed by atoms with Crippen LogP contribution < -0.4 is 5.32 Å². The molecule has 0 amide bonds. The average molecular weight is 407 g/mol. The predicted molar refractivity (Wildman–Crippen MR) is 129 cm³/mol. The molecule has 1 heterocycles. The molecule has 0 aromatic heterocycles. The van der Waals surface area contributed by atoms with Crippen LogP contribution in [0.15, 0.2) is 0 Å². The standard InChI is InChI=1S/C27H54N2/c1-20(21-17-29(18-21)19-24(2,3)4)26(8,9)14-15-27(10,11)28-23-13-12-22(16-23)25(5,6)7/h20-23,28H,12-19H2,1-11H3. The Labute approximate surface area is 184 Å². The van der Waals surface area contributed by atoms with E-state index in [4.69, 9.17) is 0 Å². The summed E-state index contributed by atoms with van der Waals surface area (Å²) < 4.78 is 0. The summed E-state index contributed by atoms with van der Waals surface area (Å²) in [4.78, 5) is 2.66. The topological polar surface area (TPSA) is 15.3 Å². The highest BCUT2D eigenvalue weighted by molar-refractivity contribution is 4.94. The van der Waals surface area contributed by atoms with Crippen molar-refractivity contribution in [1.29, 1.82) is 0 Å². The molecule has 3 unspecified atom stereocenters. The molecule has 3 atom stereocenters. The van der Waals surface area contributed by atoms with Gasteiger partial charge in [0.05, 0.1) is 0 Å². The minimum Gasteiger partial charge on any atom is -0.309 e. The molecule has 2 fully saturated rings. The monoisotopic (exact) mass is 406 g/mol. The number of nitrogens with zero attached hydrogens (tertiary/aromatic N) is 1. The molecule has 0 aromatic carbocycles. The van der Waals surface area contributed by atoms with Crippen LogP contribution in [0.3, 0.4) is 0 Å². The lowest BCUT2D eigenvalue weighted by molar-refractivity contribution is -0.00728. The van der Waals surface area contributed by atoms with Crippen molar-refractivity contribution in [3.05, 3.63) is 0 Å². The van der Waals surface area contributed by atoms with Crippen LogP contribution in [0.5, 0.6) is 0 Å². The van der Waals surface area contributed by atoms with Gasteiger partial charge in [0, 0.05) is 31.2 Å². The Hall–Kier alpha value is -0.0800. The zero-order valence-corrected chi connectivity index (χ0v) is 21.9. The fourth-order valence-corrected chi connectivity index (χ4v) is 5.75. The Bertz CT molecular complexity index is 514.